The van der Waals surface area contributed by atoms with E-state index < -0.39 is 17.5 Å². The van der Waals surface area contributed by atoms with E-state index in [1.165, 1.54) is 0 Å². The minimum Gasteiger partial charge on any atom is -0.481 e. The summed E-state index contributed by atoms with van der Waals surface area (Å²) in [4.78, 5) is 26.7. The number of H-pyrrole nitrogens is 1. The van der Waals surface area contributed by atoms with E-state index in [0.717, 1.165) is 31.2 Å². The van der Waals surface area contributed by atoms with Crippen LogP contribution in [0.4, 0.5) is 11.5 Å². The van der Waals surface area contributed by atoms with Gasteiger partial charge in [-0.25, -0.2) is 0 Å². The Hall–Kier alpha value is -3.64. The van der Waals surface area contributed by atoms with E-state index in [1.54, 1.807) is 6.20 Å². The molecule has 2 fully saturated rings. The first kappa shape index (κ1) is 23.1. The summed E-state index contributed by atoms with van der Waals surface area (Å²) in [5.41, 5.74) is 0.876. The maximum Gasteiger partial charge on any atom is 0.306 e. The SMILES string of the molecule is N#CC1CCCC[C@@H]1n1nc(Nc2ccc(C3(O)CCC(C(=O)O)CC3)cc2)c2c(=O)[nH]ccc21. The van der Waals surface area contributed by atoms with Gasteiger partial charge in [0, 0.05) is 11.9 Å². The number of rotatable bonds is 5. The number of fused-ring (bicyclic) bond motifs is 1. The number of pyridine rings is 1. The fraction of sp³-hybridized carbons (Fsp3) is 0.462. The molecule has 9 heteroatoms. The third kappa shape index (κ3) is 4.30. The Morgan fingerprint density at radius 1 is 1.14 bits per heavy atom. The molecule has 0 amide bonds. The molecule has 2 aliphatic carbocycles. The van der Waals surface area contributed by atoms with E-state index in [0.29, 0.717) is 48.1 Å². The molecule has 2 heterocycles. The van der Waals surface area contributed by atoms with E-state index in [2.05, 4.69) is 16.4 Å². The lowest BCUT2D eigenvalue weighted by Gasteiger charge is -2.35. The van der Waals surface area contributed by atoms with Crippen molar-refractivity contribution in [1.29, 1.82) is 5.26 Å². The number of nitrogens with zero attached hydrogens (tertiary/aromatic N) is 3. The molecule has 9 nitrogen and oxygen atoms in total. The minimum absolute atomic E-state index is 0.0776. The Balaban J connectivity index is 1.42. The van der Waals surface area contributed by atoms with Gasteiger partial charge in [-0.05, 0) is 62.3 Å². The van der Waals surface area contributed by atoms with Crippen molar-refractivity contribution >= 4 is 28.4 Å². The summed E-state index contributed by atoms with van der Waals surface area (Å²) in [6, 6.07) is 11.5. The van der Waals surface area contributed by atoms with Crippen molar-refractivity contribution < 1.29 is 15.0 Å². The number of anilines is 2. The van der Waals surface area contributed by atoms with Gasteiger partial charge in [-0.3, -0.25) is 14.3 Å². The number of carboxylic acid groups (broad SMARTS) is 1. The molecule has 0 bridgehead atoms. The fourth-order valence-corrected chi connectivity index (χ4v) is 5.63. The number of hydrogen-bond donors (Lipinski definition) is 4. The molecule has 2 saturated carbocycles. The number of aliphatic carboxylic acids is 1. The van der Waals surface area contributed by atoms with Gasteiger partial charge in [0.2, 0.25) is 0 Å². The van der Waals surface area contributed by atoms with Crippen molar-refractivity contribution in [2.24, 2.45) is 11.8 Å². The Morgan fingerprint density at radius 3 is 2.54 bits per heavy atom. The van der Waals surface area contributed by atoms with E-state index in [-0.39, 0.29) is 17.5 Å². The molecule has 1 aromatic carbocycles. The monoisotopic (exact) mass is 475 g/mol. The van der Waals surface area contributed by atoms with Gasteiger partial charge >= 0.3 is 5.97 Å². The van der Waals surface area contributed by atoms with Crippen LogP contribution < -0.4 is 10.9 Å². The Kier molecular flexibility index (Phi) is 6.07. The number of hydrogen-bond acceptors (Lipinski definition) is 6. The van der Waals surface area contributed by atoms with Crippen molar-refractivity contribution in [3.05, 3.63) is 52.4 Å². The van der Waals surface area contributed by atoms with Crippen molar-refractivity contribution in [3.8, 4) is 6.07 Å². The highest BCUT2D eigenvalue weighted by Crippen LogP contribution is 2.40. The van der Waals surface area contributed by atoms with Gasteiger partial charge in [-0.1, -0.05) is 25.0 Å². The zero-order valence-electron chi connectivity index (χ0n) is 19.4. The van der Waals surface area contributed by atoms with Crippen LogP contribution >= 0.6 is 0 Å². The lowest BCUT2D eigenvalue weighted by molar-refractivity contribution is -0.145. The molecule has 2 aliphatic rings. The number of aliphatic hydroxyl groups is 1. The number of carboxylic acids is 1. The summed E-state index contributed by atoms with van der Waals surface area (Å²) >= 11 is 0. The summed E-state index contributed by atoms with van der Waals surface area (Å²) in [5, 5.41) is 38.4. The highest BCUT2D eigenvalue weighted by molar-refractivity contribution is 5.91. The van der Waals surface area contributed by atoms with Crippen molar-refractivity contribution in [1.82, 2.24) is 14.8 Å². The summed E-state index contributed by atoms with van der Waals surface area (Å²) in [6.07, 6.45) is 7.02. The van der Waals surface area contributed by atoms with Crippen LogP contribution in [0.5, 0.6) is 0 Å². The molecule has 182 valence electrons. The highest BCUT2D eigenvalue weighted by atomic mass is 16.4. The van der Waals surface area contributed by atoms with Gasteiger partial charge in [0.05, 0.1) is 35.1 Å². The van der Waals surface area contributed by atoms with E-state index in [9.17, 15) is 25.1 Å². The van der Waals surface area contributed by atoms with Gasteiger partial charge < -0.3 is 20.5 Å². The first-order valence-electron chi connectivity index (χ1n) is 12.2. The number of nitriles is 1. The number of benzene rings is 1. The summed E-state index contributed by atoms with van der Waals surface area (Å²) in [7, 11) is 0. The fourth-order valence-electron chi connectivity index (χ4n) is 5.63. The zero-order valence-corrected chi connectivity index (χ0v) is 19.4. The zero-order chi connectivity index (χ0) is 24.6. The summed E-state index contributed by atoms with van der Waals surface area (Å²) < 4.78 is 1.83. The average molecular weight is 476 g/mol. The quantitative estimate of drug-likeness (QED) is 0.433. The molecule has 0 spiro atoms. The van der Waals surface area contributed by atoms with Gasteiger partial charge in [-0.2, -0.15) is 10.4 Å². The topological polar surface area (TPSA) is 144 Å². The average Bonchev–Trinajstić information content (AvgIpc) is 3.24. The van der Waals surface area contributed by atoms with Crippen LogP contribution in [0.1, 0.15) is 63.0 Å². The van der Waals surface area contributed by atoms with Crippen LogP contribution in [-0.2, 0) is 10.4 Å². The van der Waals surface area contributed by atoms with Gasteiger partial charge in [0.25, 0.3) is 5.56 Å². The maximum absolute atomic E-state index is 12.7. The van der Waals surface area contributed by atoms with Crippen LogP contribution in [0.15, 0.2) is 41.3 Å². The molecule has 2 atom stereocenters. The first-order chi connectivity index (χ1) is 16.9. The van der Waals surface area contributed by atoms with Crippen LogP contribution in [0, 0.1) is 23.2 Å². The normalized spacial score (nSPS) is 26.8. The molecule has 0 aliphatic heterocycles. The second-order valence-corrected chi connectivity index (χ2v) is 9.79. The Morgan fingerprint density at radius 2 is 1.86 bits per heavy atom. The lowest BCUT2D eigenvalue weighted by atomic mass is 9.75. The third-order valence-electron chi connectivity index (χ3n) is 7.69. The van der Waals surface area contributed by atoms with Gasteiger partial charge in [0.15, 0.2) is 5.82 Å². The number of aromatic nitrogens is 3. The minimum atomic E-state index is -1.04. The van der Waals surface area contributed by atoms with Crippen molar-refractivity contribution in [2.75, 3.05) is 5.32 Å². The van der Waals surface area contributed by atoms with Crippen LogP contribution in [0.25, 0.3) is 10.9 Å². The molecule has 1 unspecified atom stereocenters. The third-order valence-corrected chi connectivity index (χ3v) is 7.69. The first-order valence-corrected chi connectivity index (χ1v) is 12.2. The van der Waals surface area contributed by atoms with Crippen LogP contribution in [0.3, 0.4) is 0 Å². The van der Waals surface area contributed by atoms with Crippen LogP contribution in [0.2, 0.25) is 0 Å². The van der Waals surface area contributed by atoms with Gasteiger partial charge in [0.1, 0.15) is 5.39 Å². The molecule has 4 N–H and O–H groups in total. The van der Waals surface area contributed by atoms with Crippen LogP contribution in [-0.4, -0.2) is 30.9 Å². The van der Waals surface area contributed by atoms with E-state index in [1.807, 2.05) is 35.0 Å². The summed E-state index contributed by atoms with van der Waals surface area (Å²) in [6.45, 7) is 0. The molecule has 3 aromatic rings. The standard InChI is InChI=1S/C26H29N5O4/c27-15-17-3-1-2-4-20(17)31-21-11-14-28-24(32)22(21)23(30-31)29-19-7-5-18(6-8-19)26(35)12-9-16(10-13-26)25(33)34/h5-8,11,14,16-17,20,35H,1-4,9-10,12-13H2,(H,28,32)(H,29,30)(H,33,34)/t16?,17?,20-,26?/m0/s1. The molecule has 2 aromatic heterocycles. The maximum atomic E-state index is 12.7. The second-order valence-electron chi connectivity index (χ2n) is 9.79. The van der Waals surface area contributed by atoms with Crippen molar-refractivity contribution in [3.63, 3.8) is 0 Å². The molecular formula is C26H29N5O4. The highest BCUT2D eigenvalue weighted by Gasteiger charge is 2.37. The Bertz CT molecular complexity index is 1330. The number of nitrogens with one attached hydrogen (secondary N) is 2. The molecule has 0 saturated heterocycles. The van der Waals surface area contributed by atoms with Gasteiger partial charge in [-0.15, -0.1) is 0 Å². The summed E-state index contributed by atoms with van der Waals surface area (Å²) in [5.74, 6) is -0.919. The molecule has 0 radical (unpaired) electrons. The predicted octanol–water partition coefficient (Wildman–Crippen LogP) is 4.19. The van der Waals surface area contributed by atoms with E-state index in [4.69, 9.17) is 5.10 Å². The van der Waals surface area contributed by atoms with Crippen molar-refractivity contribution in [2.45, 2.75) is 63.0 Å². The number of aromatic amines is 1. The van der Waals surface area contributed by atoms with E-state index >= 15 is 0 Å². The molecular weight excluding hydrogens is 446 g/mol. The number of carbonyl (C=O) groups is 1. The predicted molar refractivity (Wildman–Crippen MR) is 130 cm³/mol. The Labute approximate surface area is 202 Å². The second kappa shape index (κ2) is 9.19. The largest absolute Gasteiger partial charge is 0.481 e. The molecule has 35 heavy (non-hydrogen) atoms. The smallest absolute Gasteiger partial charge is 0.306 e. The molecule has 5 rings (SSSR count). The lowest BCUT2D eigenvalue weighted by Crippen LogP contribution is -2.33.